The standard InChI is InChI=1S/C20H25ClN4O3/c1-2-19(27)23-13-8-24(9-13)14-10-25(11-14)20(28)7-22-17-5-15(12-3-4-12)16(21)6-18(17)26/h2,5-6,12-14,22,26H,1,3-4,7-11H2,(H,23,27). The molecule has 0 spiro atoms. The molecule has 1 aliphatic carbocycles. The van der Waals surface area contributed by atoms with Gasteiger partial charge in [0, 0.05) is 43.3 Å². The Bertz CT molecular complexity index is 799. The van der Waals surface area contributed by atoms with E-state index in [2.05, 4.69) is 22.1 Å². The Morgan fingerprint density at radius 3 is 2.61 bits per heavy atom. The summed E-state index contributed by atoms with van der Waals surface area (Å²) in [5.41, 5.74) is 1.59. The highest BCUT2D eigenvalue weighted by Crippen LogP contribution is 2.45. The number of nitrogens with one attached hydrogen (secondary N) is 2. The van der Waals surface area contributed by atoms with Gasteiger partial charge in [-0.1, -0.05) is 18.2 Å². The van der Waals surface area contributed by atoms with E-state index in [-0.39, 0.29) is 30.2 Å². The van der Waals surface area contributed by atoms with Gasteiger partial charge in [-0.15, -0.1) is 0 Å². The maximum Gasteiger partial charge on any atom is 0.243 e. The molecular weight excluding hydrogens is 380 g/mol. The molecule has 2 aliphatic heterocycles. The number of phenols is 1. The van der Waals surface area contributed by atoms with Gasteiger partial charge >= 0.3 is 0 Å². The van der Waals surface area contributed by atoms with E-state index in [9.17, 15) is 14.7 Å². The van der Waals surface area contributed by atoms with Crippen LogP contribution in [0.5, 0.6) is 5.75 Å². The molecular formula is C20H25ClN4O3. The van der Waals surface area contributed by atoms with Crippen LogP contribution in [0.4, 0.5) is 5.69 Å². The van der Waals surface area contributed by atoms with Gasteiger partial charge in [-0.2, -0.15) is 0 Å². The lowest BCUT2D eigenvalue weighted by Gasteiger charge is -2.51. The minimum Gasteiger partial charge on any atom is -0.506 e. The van der Waals surface area contributed by atoms with Gasteiger partial charge < -0.3 is 20.6 Å². The topological polar surface area (TPSA) is 84.9 Å². The van der Waals surface area contributed by atoms with E-state index < -0.39 is 0 Å². The van der Waals surface area contributed by atoms with E-state index in [1.54, 1.807) is 6.07 Å². The molecule has 2 saturated heterocycles. The normalized spacial score (nSPS) is 20.2. The number of likely N-dealkylation sites (tertiary alicyclic amines) is 2. The molecule has 1 aromatic carbocycles. The van der Waals surface area contributed by atoms with Crippen molar-refractivity contribution in [1.82, 2.24) is 15.1 Å². The van der Waals surface area contributed by atoms with Crippen LogP contribution in [0, 0.1) is 0 Å². The number of hydrogen-bond acceptors (Lipinski definition) is 5. The Morgan fingerprint density at radius 1 is 1.25 bits per heavy atom. The van der Waals surface area contributed by atoms with Gasteiger partial charge in [0.2, 0.25) is 11.8 Å². The van der Waals surface area contributed by atoms with E-state index in [1.165, 1.54) is 6.08 Å². The Morgan fingerprint density at radius 2 is 1.96 bits per heavy atom. The van der Waals surface area contributed by atoms with Crippen molar-refractivity contribution in [1.29, 1.82) is 0 Å². The van der Waals surface area contributed by atoms with Gasteiger partial charge in [0.15, 0.2) is 0 Å². The lowest BCUT2D eigenvalue weighted by Crippen LogP contribution is -2.70. The number of anilines is 1. The predicted molar refractivity (Wildman–Crippen MR) is 108 cm³/mol. The second kappa shape index (κ2) is 7.64. The van der Waals surface area contributed by atoms with E-state index in [0.717, 1.165) is 31.5 Å². The summed E-state index contributed by atoms with van der Waals surface area (Å²) in [6, 6.07) is 3.93. The SMILES string of the molecule is C=CC(=O)NC1CN(C2CN(C(=O)CNc3cc(C4CC4)c(Cl)cc3O)C2)C1. The summed E-state index contributed by atoms with van der Waals surface area (Å²) in [5, 5.41) is 16.6. The number of phenolic OH excluding ortho intramolecular Hbond substituents is 1. The average Bonchev–Trinajstić information content (AvgIpc) is 3.42. The molecule has 3 fully saturated rings. The molecule has 8 heteroatoms. The first-order valence-corrected chi connectivity index (χ1v) is 10.0. The molecule has 1 saturated carbocycles. The fraction of sp³-hybridized carbons (Fsp3) is 0.500. The Balaban J connectivity index is 1.21. The third-order valence-corrected chi connectivity index (χ3v) is 6.06. The van der Waals surface area contributed by atoms with E-state index in [0.29, 0.717) is 35.8 Å². The van der Waals surface area contributed by atoms with Crippen molar-refractivity contribution in [3.05, 3.63) is 35.4 Å². The minimum absolute atomic E-state index is 0.00982. The molecule has 2 amide bonds. The van der Waals surface area contributed by atoms with Gasteiger partial charge in [-0.25, -0.2) is 0 Å². The molecule has 7 nitrogen and oxygen atoms in total. The number of carbonyl (C=O) groups excluding carboxylic acids is 2. The first-order valence-electron chi connectivity index (χ1n) is 9.65. The number of carbonyl (C=O) groups is 2. The zero-order valence-corrected chi connectivity index (χ0v) is 16.4. The summed E-state index contributed by atoms with van der Waals surface area (Å²) in [5.74, 6) is 0.404. The molecule has 0 aromatic heterocycles. The maximum absolute atomic E-state index is 12.4. The molecule has 28 heavy (non-hydrogen) atoms. The number of halogens is 1. The van der Waals surface area contributed by atoms with Crippen LogP contribution in [-0.2, 0) is 9.59 Å². The smallest absolute Gasteiger partial charge is 0.243 e. The van der Waals surface area contributed by atoms with Crippen LogP contribution in [0.1, 0.15) is 24.3 Å². The quantitative estimate of drug-likeness (QED) is 0.474. The van der Waals surface area contributed by atoms with E-state index in [1.807, 2.05) is 11.0 Å². The monoisotopic (exact) mass is 404 g/mol. The molecule has 4 rings (SSSR count). The van der Waals surface area contributed by atoms with Crippen LogP contribution in [0.15, 0.2) is 24.8 Å². The first-order chi connectivity index (χ1) is 13.4. The van der Waals surface area contributed by atoms with Gasteiger partial charge in [0.05, 0.1) is 18.3 Å². The largest absolute Gasteiger partial charge is 0.506 e. The summed E-state index contributed by atoms with van der Waals surface area (Å²) in [4.78, 5) is 27.8. The van der Waals surface area contributed by atoms with Gasteiger partial charge in [-0.05, 0) is 36.5 Å². The van der Waals surface area contributed by atoms with Crippen LogP contribution in [0.25, 0.3) is 0 Å². The zero-order chi connectivity index (χ0) is 19.8. The fourth-order valence-electron chi connectivity index (χ4n) is 3.76. The van der Waals surface area contributed by atoms with Crippen molar-refractivity contribution in [3.63, 3.8) is 0 Å². The van der Waals surface area contributed by atoms with Gasteiger partial charge in [0.1, 0.15) is 5.75 Å². The van der Waals surface area contributed by atoms with Crippen molar-refractivity contribution < 1.29 is 14.7 Å². The van der Waals surface area contributed by atoms with E-state index in [4.69, 9.17) is 11.6 Å². The van der Waals surface area contributed by atoms with Crippen LogP contribution >= 0.6 is 11.6 Å². The molecule has 3 aliphatic rings. The minimum atomic E-state index is -0.142. The summed E-state index contributed by atoms with van der Waals surface area (Å²) in [7, 11) is 0. The summed E-state index contributed by atoms with van der Waals surface area (Å²) >= 11 is 6.20. The number of nitrogens with zero attached hydrogens (tertiary/aromatic N) is 2. The highest BCUT2D eigenvalue weighted by Gasteiger charge is 2.40. The Kier molecular flexibility index (Phi) is 5.21. The highest BCUT2D eigenvalue weighted by atomic mass is 35.5. The Hall–Kier alpha value is -2.25. The second-order valence-electron chi connectivity index (χ2n) is 7.83. The maximum atomic E-state index is 12.4. The third kappa shape index (κ3) is 3.95. The fourth-order valence-corrected chi connectivity index (χ4v) is 4.08. The summed E-state index contributed by atoms with van der Waals surface area (Å²) < 4.78 is 0. The van der Waals surface area contributed by atoms with Gasteiger partial charge in [0.25, 0.3) is 0 Å². The number of benzene rings is 1. The van der Waals surface area contributed by atoms with E-state index >= 15 is 0 Å². The highest BCUT2D eigenvalue weighted by molar-refractivity contribution is 6.31. The third-order valence-electron chi connectivity index (χ3n) is 5.74. The van der Waals surface area contributed by atoms with Crippen molar-refractivity contribution in [2.45, 2.75) is 30.8 Å². The molecule has 0 radical (unpaired) electrons. The van der Waals surface area contributed by atoms with Crippen molar-refractivity contribution in [3.8, 4) is 5.75 Å². The van der Waals surface area contributed by atoms with Crippen LogP contribution in [0.2, 0.25) is 5.02 Å². The lowest BCUT2D eigenvalue weighted by atomic mass is 9.99. The van der Waals surface area contributed by atoms with Crippen molar-refractivity contribution >= 4 is 29.1 Å². The lowest BCUT2D eigenvalue weighted by molar-refractivity contribution is -0.138. The van der Waals surface area contributed by atoms with Crippen molar-refractivity contribution in [2.75, 3.05) is 38.0 Å². The zero-order valence-electron chi connectivity index (χ0n) is 15.7. The molecule has 2 heterocycles. The van der Waals surface area contributed by atoms with Crippen LogP contribution in [0.3, 0.4) is 0 Å². The average molecular weight is 405 g/mol. The van der Waals surface area contributed by atoms with Crippen molar-refractivity contribution in [2.24, 2.45) is 0 Å². The molecule has 0 bridgehead atoms. The summed E-state index contributed by atoms with van der Waals surface area (Å²) in [6.45, 7) is 6.61. The number of amides is 2. The van der Waals surface area contributed by atoms with Gasteiger partial charge in [-0.3, -0.25) is 14.5 Å². The van der Waals surface area contributed by atoms with Crippen LogP contribution in [-0.4, -0.2) is 71.5 Å². The number of rotatable bonds is 7. The first kappa shape index (κ1) is 19.1. The predicted octanol–water partition coefficient (Wildman–Crippen LogP) is 1.53. The molecule has 0 atom stereocenters. The number of hydrogen-bond donors (Lipinski definition) is 3. The number of aromatic hydroxyl groups is 1. The molecule has 3 N–H and O–H groups in total. The molecule has 0 unspecified atom stereocenters. The summed E-state index contributed by atoms with van der Waals surface area (Å²) in [6.07, 6.45) is 3.52. The molecule has 1 aromatic rings. The second-order valence-corrected chi connectivity index (χ2v) is 8.24. The molecule has 150 valence electrons. The Labute approximate surface area is 169 Å². The van der Waals surface area contributed by atoms with Crippen LogP contribution < -0.4 is 10.6 Å².